The Bertz CT molecular complexity index is 1270. The normalized spacial score (nSPS) is 21.0. The van der Waals surface area contributed by atoms with Crippen LogP contribution in [0.2, 0.25) is 0 Å². The molecule has 0 radical (unpaired) electrons. The van der Waals surface area contributed by atoms with Gasteiger partial charge in [-0.3, -0.25) is 4.79 Å². The zero-order valence-electron chi connectivity index (χ0n) is 20.5. The summed E-state index contributed by atoms with van der Waals surface area (Å²) in [5.74, 6) is 1.74. The number of methoxy groups -OCH3 is 1. The van der Waals surface area contributed by atoms with E-state index in [-0.39, 0.29) is 12.5 Å². The van der Waals surface area contributed by atoms with Crippen molar-refractivity contribution in [3.63, 3.8) is 0 Å². The van der Waals surface area contributed by atoms with Gasteiger partial charge in [0.2, 0.25) is 5.90 Å². The van der Waals surface area contributed by atoms with Crippen molar-refractivity contribution in [2.24, 2.45) is 4.99 Å². The number of ether oxygens (including phenoxy) is 3. The molecule has 0 aliphatic carbocycles. The molecule has 2 aliphatic heterocycles. The van der Waals surface area contributed by atoms with E-state index in [4.69, 9.17) is 24.3 Å². The standard InChI is InChI=1S/C29H30N2O5/c1-31-19-23-8-4-3-7-22(23)18-29(28(31)33)26(21-9-5-10-25(17-21)34-2)36-27(30-29)20-11-13-24(14-12-20)35-16-6-15-32/h3-5,7-14,17,26,32H,6,15-16,18-19H2,1-2H3/t26-,29-/m1/s1. The molecule has 1 amide bonds. The molecular weight excluding hydrogens is 456 g/mol. The van der Waals surface area contributed by atoms with Gasteiger partial charge in [0.15, 0.2) is 11.6 Å². The summed E-state index contributed by atoms with van der Waals surface area (Å²) >= 11 is 0. The van der Waals surface area contributed by atoms with Gasteiger partial charge in [-0.15, -0.1) is 0 Å². The van der Waals surface area contributed by atoms with Crippen molar-refractivity contribution in [1.82, 2.24) is 4.90 Å². The van der Waals surface area contributed by atoms with Gasteiger partial charge in [0.1, 0.15) is 11.5 Å². The number of hydrogen-bond donors (Lipinski definition) is 1. The third-order valence-corrected chi connectivity index (χ3v) is 6.74. The van der Waals surface area contributed by atoms with E-state index in [1.54, 1.807) is 12.0 Å². The molecule has 3 aromatic rings. The van der Waals surface area contributed by atoms with Crippen molar-refractivity contribution in [3.05, 3.63) is 95.1 Å². The summed E-state index contributed by atoms with van der Waals surface area (Å²) in [5, 5.41) is 8.97. The number of likely N-dealkylation sites (N-methyl/N-ethyl adjacent to an activating group) is 1. The van der Waals surface area contributed by atoms with Gasteiger partial charge in [-0.2, -0.15) is 0 Å². The molecule has 2 heterocycles. The van der Waals surface area contributed by atoms with Crippen LogP contribution in [-0.4, -0.2) is 54.7 Å². The smallest absolute Gasteiger partial charge is 0.255 e. The molecule has 2 atom stereocenters. The maximum absolute atomic E-state index is 14.0. The minimum absolute atomic E-state index is 0.0783. The summed E-state index contributed by atoms with van der Waals surface area (Å²) < 4.78 is 17.7. The molecule has 2 aliphatic rings. The van der Waals surface area contributed by atoms with Crippen LogP contribution in [0.4, 0.5) is 0 Å². The van der Waals surface area contributed by atoms with Crippen LogP contribution in [-0.2, 0) is 22.5 Å². The van der Waals surface area contributed by atoms with Crippen molar-refractivity contribution in [2.75, 3.05) is 27.4 Å². The Hall–Kier alpha value is -3.84. The number of carbonyl (C=O) groups is 1. The topological polar surface area (TPSA) is 80.6 Å². The van der Waals surface area contributed by atoms with Gasteiger partial charge in [-0.25, -0.2) is 4.99 Å². The lowest BCUT2D eigenvalue weighted by molar-refractivity contribution is -0.138. The van der Waals surface area contributed by atoms with E-state index in [0.717, 1.165) is 22.3 Å². The predicted molar refractivity (Wildman–Crippen MR) is 136 cm³/mol. The van der Waals surface area contributed by atoms with Gasteiger partial charge in [0, 0.05) is 38.6 Å². The molecule has 1 N–H and O–H groups in total. The Kier molecular flexibility index (Phi) is 6.65. The fourth-order valence-electron chi connectivity index (χ4n) is 4.90. The fourth-order valence-corrected chi connectivity index (χ4v) is 4.90. The fraction of sp³-hybridized carbons (Fsp3) is 0.310. The first-order valence-corrected chi connectivity index (χ1v) is 12.1. The van der Waals surface area contributed by atoms with Crippen LogP contribution in [0.15, 0.2) is 77.8 Å². The molecule has 3 aromatic carbocycles. The van der Waals surface area contributed by atoms with Crippen molar-refractivity contribution in [1.29, 1.82) is 0 Å². The number of aliphatic imine (C=N–C) groups is 1. The number of aliphatic hydroxyl groups excluding tert-OH is 1. The van der Waals surface area contributed by atoms with Gasteiger partial charge in [0.05, 0.1) is 13.7 Å². The molecule has 0 saturated heterocycles. The summed E-state index contributed by atoms with van der Waals surface area (Å²) in [6, 6.07) is 23.2. The Morgan fingerprint density at radius 2 is 1.83 bits per heavy atom. The van der Waals surface area contributed by atoms with Crippen LogP contribution >= 0.6 is 0 Å². The monoisotopic (exact) mass is 486 g/mol. The van der Waals surface area contributed by atoms with Gasteiger partial charge >= 0.3 is 0 Å². The summed E-state index contributed by atoms with van der Waals surface area (Å²) in [6.07, 6.45) is 0.378. The number of nitrogens with zero attached hydrogens (tertiary/aromatic N) is 2. The minimum Gasteiger partial charge on any atom is -0.497 e. The minimum atomic E-state index is -1.15. The second-order valence-corrected chi connectivity index (χ2v) is 9.17. The molecule has 0 unspecified atom stereocenters. The second-order valence-electron chi connectivity index (χ2n) is 9.17. The molecular formula is C29H30N2O5. The van der Waals surface area contributed by atoms with Crippen molar-refractivity contribution < 1.29 is 24.1 Å². The lowest BCUT2D eigenvalue weighted by atomic mass is 9.82. The average molecular weight is 487 g/mol. The van der Waals surface area contributed by atoms with E-state index in [0.29, 0.717) is 43.4 Å². The molecule has 0 saturated carbocycles. The zero-order chi connectivity index (χ0) is 25.1. The van der Waals surface area contributed by atoms with Crippen LogP contribution in [0.1, 0.15) is 34.8 Å². The number of rotatable bonds is 7. The Morgan fingerprint density at radius 3 is 2.58 bits per heavy atom. The third kappa shape index (κ3) is 4.42. The van der Waals surface area contributed by atoms with E-state index in [9.17, 15) is 4.79 Å². The molecule has 0 bridgehead atoms. The first-order valence-electron chi connectivity index (χ1n) is 12.1. The highest BCUT2D eigenvalue weighted by atomic mass is 16.5. The highest BCUT2D eigenvalue weighted by Gasteiger charge is 2.55. The van der Waals surface area contributed by atoms with Gasteiger partial charge < -0.3 is 24.2 Å². The van der Waals surface area contributed by atoms with Crippen LogP contribution in [0, 0.1) is 0 Å². The molecule has 1 spiro atoms. The Morgan fingerprint density at radius 1 is 1.06 bits per heavy atom. The molecule has 5 rings (SSSR count). The summed E-state index contributed by atoms with van der Waals surface area (Å²) in [7, 11) is 3.44. The first kappa shape index (κ1) is 23.9. The van der Waals surface area contributed by atoms with E-state index in [1.165, 1.54) is 0 Å². The quantitative estimate of drug-likeness (QED) is 0.512. The molecule has 0 fully saturated rings. The molecule has 0 aromatic heterocycles. The van der Waals surface area contributed by atoms with E-state index in [2.05, 4.69) is 12.1 Å². The van der Waals surface area contributed by atoms with Crippen molar-refractivity contribution >= 4 is 11.8 Å². The molecule has 36 heavy (non-hydrogen) atoms. The van der Waals surface area contributed by atoms with Gasteiger partial charge in [0.25, 0.3) is 5.91 Å². The Balaban J connectivity index is 1.58. The molecule has 7 nitrogen and oxygen atoms in total. The summed E-state index contributed by atoms with van der Waals surface area (Å²) in [5.41, 5.74) is 2.65. The summed E-state index contributed by atoms with van der Waals surface area (Å²) in [4.78, 5) is 20.8. The van der Waals surface area contributed by atoms with Crippen LogP contribution in [0.25, 0.3) is 0 Å². The Labute approximate surface area is 210 Å². The first-order chi connectivity index (χ1) is 17.5. The molecule has 7 heteroatoms. The lowest BCUT2D eigenvalue weighted by Gasteiger charge is -2.31. The van der Waals surface area contributed by atoms with Crippen molar-refractivity contribution in [3.8, 4) is 11.5 Å². The van der Waals surface area contributed by atoms with Crippen LogP contribution in [0.3, 0.4) is 0 Å². The van der Waals surface area contributed by atoms with Crippen LogP contribution < -0.4 is 9.47 Å². The number of hydrogen-bond acceptors (Lipinski definition) is 6. The maximum atomic E-state index is 14.0. The highest BCUT2D eigenvalue weighted by Crippen LogP contribution is 2.45. The van der Waals surface area contributed by atoms with E-state index >= 15 is 0 Å². The van der Waals surface area contributed by atoms with Crippen molar-refractivity contribution in [2.45, 2.75) is 31.0 Å². The lowest BCUT2D eigenvalue weighted by Crippen LogP contribution is -2.48. The van der Waals surface area contributed by atoms with E-state index < -0.39 is 11.6 Å². The highest BCUT2D eigenvalue weighted by molar-refractivity contribution is 6.01. The van der Waals surface area contributed by atoms with Gasteiger partial charge in [-0.1, -0.05) is 36.4 Å². The molecule has 186 valence electrons. The SMILES string of the molecule is COc1cccc([C@H]2OC(c3ccc(OCCCO)cc3)=N[C@]23Cc2ccccc2CN(C)C3=O)c1. The number of amides is 1. The van der Waals surface area contributed by atoms with Crippen LogP contribution in [0.5, 0.6) is 11.5 Å². The predicted octanol–water partition coefficient (Wildman–Crippen LogP) is 3.93. The van der Waals surface area contributed by atoms with E-state index in [1.807, 2.05) is 67.7 Å². The average Bonchev–Trinajstić information content (AvgIpc) is 3.25. The number of carbonyl (C=O) groups excluding carboxylic acids is 1. The maximum Gasteiger partial charge on any atom is 0.255 e. The summed E-state index contributed by atoms with van der Waals surface area (Å²) in [6.45, 7) is 1.04. The third-order valence-electron chi connectivity index (χ3n) is 6.74. The number of aliphatic hydroxyl groups is 1. The van der Waals surface area contributed by atoms with Gasteiger partial charge in [-0.05, 0) is 53.1 Å². The largest absolute Gasteiger partial charge is 0.497 e. The number of fused-ring (bicyclic) bond motifs is 1. The number of benzene rings is 3. The zero-order valence-corrected chi connectivity index (χ0v) is 20.5. The second kappa shape index (κ2) is 10.0.